The van der Waals surface area contributed by atoms with Crippen LogP contribution in [0.4, 0.5) is 26.3 Å². The molecule has 0 heterocycles. The van der Waals surface area contributed by atoms with Crippen LogP contribution in [0, 0.1) is 34.9 Å². The van der Waals surface area contributed by atoms with E-state index >= 15 is 0 Å². The maximum absolute atomic E-state index is 14.6. The fourth-order valence-corrected chi connectivity index (χ4v) is 6.27. The van der Waals surface area contributed by atoms with E-state index in [2.05, 4.69) is 0 Å². The van der Waals surface area contributed by atoms with Crippen molar-refractivity contribution in [2.45, 2.75) is 0 Å². The van der Waals surface area contributed by atoms with Crippen LogP contribution >= 0.6 is 7.72 Å². The standard InChI is InChI=1S/C24H15F6O2P/c25-15-11-13-16(14-12-15)31-33(17-7-3-1-4-8-17,18-9-5-2-6-10-18)32-24-22(29)20(27)19(26)21(28)23(24)30/h1-14,33H. The molecule has 0 saturated carbocycles. The van der Waals surface area contributed by atoms with Crippen LogP contribution in [0.3, 0.4) is 0 Å². The molecule has 0 aliphatic heterocycles. The van der Waals surface area contributed by atoms with Gasteiger partial charge in [0.1, 0.15) is 0 Å². The molecule has 4 rings (SSSR count). The molecule has 0 N–H and O–H groups in total. The minimum atomic E-state index is -4.23. The molecule has 4 aromatic carbocycles. The first kappa shape index (κ1) is 22.7. The molecule has 0 bridgehead atoms. The van der Waals surface area contributed by atoms with Crippen LogP contribution in [0.2, 0.25) is 0 Å². The molecular formula is C24H15F6O2P. The summed E-state index contributed by atoms with van der Waals surface area (Å²) >= 11 is 0. The molecule has 0 aliphatic carbocycles. The van der Waals surface area contributed by atoms with Crippen molar-refractivity contribution in [1.82, 2.24) is 0 Å². The zero-order chi connectivity index (χ0) is 23.6. The first-order valence-corrected chi connectivity index (χ1v) is 11.4. The summed E-state index contributed by atoms with van der Waals surface area (Å²) in [5.41, 5.74) is 0. The molecule has 0 amide bonds. The fraction of sp³-hybridized carbons (Fsp3) is 0. The van der Waals surface area contributed by atoms with Crippen molar-refractivity contribution >= 4 is 18.3 Å². The summed E-state index contributed by atoms with van der Waals surface area (Å²) in [5, 5.41) is 0.619. The normalized spacial score (nSPS) is 11.8. The van der Waals surface area contributed by atoms with Crippen LogP contribution in [0.25, 0.3) is 0 Å². The third kappa shape index (κ3) is 4.26. The molecule has 0 atom stereocenters. The fourth-order valence-electron chi connectivity index (χ4n) is 3.23. The molecule has 33 heavy (non-hydrogen) atoms. The second-order valence-electron chi connectivity index (χ2n) is 6.91. The van der Waals surface area contributed by atoms with Gasteiger partial charge in [-0.1, -0.05) is 0 Å². The van der Waals surface area contributed by atoms with E-state index in [1.165, 1.54) is 12.1 Å². The SMILES string of the molecule is Fc1ccc(O[PH](Oc2c(F)c(F)c(F)c(F)c2F)(c2ccccc2)c2ccccc2)cc1. The Hall–Kier alpha value is -3.51. The van der Waals surface area contributed by atoms with Gasteiger partial charge in [-0.15, -0.1) is 0 Å². The van der Waals surface area contributed by atoms with Crippen molar-refractivity contribution in [2.75, 3.05) is 0 Å². The van der Waals surface area contributed by atoms with E-state index in [1.54, 1.807) is 60.7 Å². The number of hydrogen-bond acceptors (Lipinski definition) is 2. The minimum absolute atomic E-state index is 0.0691. The van der Waals surface area contributed by atoms with Gasteiger partial charge in [0.2, 0.25) is 0 Å². The molecule has 170 valence electrons. The number of halogens is 6. The average molecular weight is 480 g/mol. The van der Waals surface area contributed by atoms with Crippen molar-refractivity contribution < 1.29 is 35.4 Å². The Bertz CT molecular complexity index is 1200. The second kappa shape index (κ2) is 9.16. The molecule has 0 saturated heterocycles. The van der Waals surface area contributed by atoms with Crippen LogP contribution in [0.5, 0.6) is 11.5 Å². The van der Waals surface area contributed by atoms with Gasteiger partial charge in [-0.2, -0.15) is 0 Å². The average Bonchev–Trinajstić information content (AvgIpc) is 2.86. The van der Waals surface area contributed by atoms with Gasteiger partial charge < -0.3 is 0 Å². The molecule has 0 fully saturated rings. The quantitative estimate of drug-likeness (QED) is 0.141. The third-order valence-corrected chi connectivity index (χ3v) is 8.00. The van der Waals surface area contributed by atoms with E-state index in [0.717, 1.165) is 12.1 Å². The Morgan fingerprint density at radius 1 is 0.455 bits per heavy atom. The zero-order valence-electron chi connectivity index (χ0n) is 16.7. The first-order valence-electron chi connectivity index (χ1n) is 9.59. The first-order chi connectivity index (χ1) is 15.8. The second-order valence-corrected chi connectivity index (χ2v) is 9.70. The molecule has 0 aromatic heterocycles. The summed E-state index contributed by atoms with van der Waals surface area (Å²) < 4.78 is 96.1. The van der Waals surface area contributed by atoms with Crippen LogP contribution in [-0.4, -0.2) is 0 Å². The van der Waals surface area contributed by atoms with Crippen molar-refractivity contribution in [2.24, 2.45) is 0 Å². The summed E-state index contributed by atoms with van der Waals surface area (Å²) in [6, 6.07) is 20.7. The van der Waals surface area contributed by atoms with Crippen LogP contribution in [0.1, 0.15) is 0 Å². The molecule has 0 spiro atoms. The third-order valence-electron chi connectivity index (χ3n) is 4.80. The van der Waals surface area contributed by atoms with Gasteiger partial charge in [0.05, 0.1) is 0 Å². The van der Waals surface area contributed by atoms with Gasteiger partial charge in [0.25, 0.3) is 0 Å². The van der Waals surface area contributed by atoms with Gasteiger partial charge in [-0.25, -0.2) is 0 Å². The Labute approximate surface area is 185 Å². The van der Waals surface area contributed by atoms with E-state index in [0.29, 0.717) is 10.6 Å². The number of hydrogen-bond donors (Lipinski definition) is 0. The monoisotopic (exact) mass is 480 g/mol. The molecular weight excluding hydrogens is 465 g/mol. The van der Waals surface area contributed by atoms with Crippen LogP contribution < -0.4 is 19.7 Å². The summed E-state index contributed by atoms with van der Waals surface area (Å²) in [5.74, 6) is -12.8. The summed E-state index contributed by atoms with van der Waals surface area (Å²) in [4.78, 5) is 0. The van der Waals surface area contributed by atoms with Gasteiger partial charge >= 0.3 is 185 Å². The molecule has 0 unspecified atom stereocenters. The van der Waals surface area contributed by atoms with E-state index in [-0.39, 0.29) is 5.75 Å². The van der Waals surface area contributed by atoms with E-state index in [1.807, 2.05) is 0 Å². The number of benzene rings is 4. The predicted molar refractivity (Wildman–Crippen MR) is 114 cm³/mol. The Kier molecular flexibility index (Phi) is 6.29. The summed E-state index contributed by atoms with van der Waals surface area (Å²) in [7, 11) is -4.23. The van der Waals surface area contributed by atoms with E-state index in [9.17, 15) is 26.3 Å². The van der Waals surface area contributed by atoms with E-state index < -0.39 is 48.4 Å². The number of rotatable bonds is 6. The van der Waals surface area contributed by atoms with Gasteiger partial charge in [0.15, 0.2) is 0 Å². The Morgan fingerprint density at radius 3 is 1.33 bits per heavy atom. The maximum atomic E-state index is 14.6. The molecule has 9 heteroatoms. The van der Waals surface area contributed by atoms with Crippen molar-refractivity contribution in [1.29, 1.82) is 0 Å². The van der Waals surface area contributed by atoms with Crippen LogP contribution in [0.15, 0.2) is 84.9 Å². The van der Waals surface area contributed by atoms with Gasteiger partial charge in [-0.3, -0.25) is 0 Å². The predicted octanol–water partition coefficient (Wildman–Crippen LogP) is 6.21. The molecule has 0 aliphatic rings. The molecule has 4 aromatic rings. The topological polar surface area (TPSA) is 18.5 Å². The van der Waals surface area contributed by atoms with Gasteiger partial charge in [0, 0.05) is 0 Å². The van der Waals surface area contributed by atoms with Crippen LogP contribution in [-0.2, 0) is 0 Å². The summed E-state index contributed by atoms with van der Waals surface area (Å²) in [6.07, 6.45) is 0. The van der Waals surface area contributed by atoms with Gasteiger partial charge in [-0.05, 0) is 0 Å². The zero-order valence-corrected chi connectivity index (χ0v) is 17.7. The Balaban J connectivity index is 1.99. The van der Waals surface area contributed by atoms with Crippen molar-refractivity contribution in [3.63, 3.8) is 0 Å². The molecule has 2 nitrogen and oxygen atoms in total. The Morgan fingerprint density at radius 2 is 0.879 bits per heavy atom. The van der Waals surface area contributed by atoms with Crippen molar-refractivity contribution in [3.8, 4) is 11.5 Å². The van der Waals surface area contributed by atoms with Crippen molar-refractivity contribution in [3.05, 3.63) is 120 Å². The molecule has 0 radical (unpaired) electrons. The van der Waals surface area contributed by atoms with E-state index in [4.69, 9.17) is 9.05 Å². The summed E-state index contributed by atoms with van der Waals surface area (Å²) in [6.45, 7) is 0.